The van der Waals surface area contributed by atoms with E-state index in [1.54, 1.807) is 24.3 Å². The van der Waals surface area contributed by atoms with Gasteiger partial charge in [-0.05, 0) is 23.8 Å². The maximum Gasteiger partial charge on any atom is 0.354 e. The molecule has 0 atom stereocenters. The van der Waals surface area contributed by atoms with E-state index < -0.39 is 5.97 Å². The molecule has 92 valence electrons. The molecule has 0 spiro atoms. The number of ether oxygens (including phenoxy) is 1. The van der Waals surface area contributed by atoms with Crippen LogP contribution in [0.2, 0.25) is 0 Å². The number of hydrogen-bond donors (Lipinski definition) is 1. The highest BCUT2D eigenvalue weighted by molar-refractivity contribution is 5.97. The third-order valence-electron chi connectivity index (χ3n) is 2.04. The minimum atomic E-state index is -0.646. The second-order valence-corrected chi connectivity index (χ2v) is 3.47. The van der Waals surface area contributed by atoms with E-state index in [0.717, 1.165) is 0 Å². The number of methoxy groups -OCH3 is 1. The molecule has 0 bridgehead atoms. The number of esters is 1. The van der Waals surface area contributed by atoms with E-state index >= 15 is 0 Å². The molecule has 0 aliphatic carbocycles. The molecule has 0 fully saturated rings. The fraction of sp³-hybridized carbons (Fsp3) is 0.154. The van der Waals surface area contributed by atoms with Crippen molar-refractivity contribution in [1.29, 1.82) is 5.26 Å². The first kappa shape index (κ1) is 13.5. The number of benzene rings is 1. The summed E-state index contributed by atoms with van der Waals surface area (Å²) in [5.41, 5.74) is 1.12. The Balaban J connectivity index is 3.10. The Labute approximate surface area is 105 Å². The number of nitrogens with zero attached hydrogens (tertiary/aromatic N) is 1. The molecule has 1 N–H and O–H groups in total. The number of amides is 1. The average Bonchev–Trinajstić information content (AvgIpc) is 2.36. The lowest BCUT2D eigenvalue weighted by Gasteiger charge is -2.05. The lowest BCUT2D eigenvalue weighted by atomic mass is 10.1. The molecular formula is C13H12N2O3. The van der Waals surface area contributed by atoms with Gasteiger partial charge in [0.1, 0.15) is 5.70 Å². The molecule has 0 aliphatic heterocycles. The highest BCUT2D eigenvalue weighted by atomic mass is 16.5. The SMILES string of the molecule is COC(=O)C(=Cc1cccc(C#N)c1)NC(C)=O. The van der Waals surface area contributed by atoms with Gasteiger partial charge in [0.2, 0.25) is 5.91 Å². The fourth-order valence-electron chi connectivity index (χ4n) is 1.31. The van der Waals surface area contributed by atoms with Crippen LogP contribution in [-0.4, -0.2) is 19.0 Å². The zero-order chi connectivity index (χ0) is 13.5. The standard InChI is InChI=1S/C13H12N2O3/c1-9(16)15-12(13(17)18-2)7-10-4-3-5-11(6-10)8-14/h3-7H,1-2H3,(H,15,16). The van der Waals surface area contributed by atoms with E-state index in [4.69, 9.17) is 5.26 Å². The van der Waals surface area contributed by atoms with Crippen LogP contribution in [0.1, 0.15) is 18.1 Å². The Morgan fingerprint density at radius 2 is 2.17 bits per heavy atom. The molecule has 1 aromatic carbocycles. The maximum absolute atomic E-state index is 11.4. The molecule has 0 aromatic heterocycles. The first-order valence-corrected chi connectivity index (χ1v) is 5.14. The minimum Gasteiger partial charge on any atom is -0.464 e. The van der Waals surface area contributed by atoms with Crippen molar-refractivity contribution < 1.29 is 14.3 Å². The number of carbonyl (C=O) groups is 2. The summed E-state index contributed by atoms with van der Waals surface area (Å²) < 4.78 is 4.56. The van der Waals surface area contributed by atoms with Gasteiger partial charge >= 0.3 is 5.97 Å². The van der Waals surface area contributed by atoms with Crippen molar-refractivity contribution in [1.82, 2.24) is 5.32 Å². The van der Waals surface area contributed by atoms with Crippen LogP contribution in [0.5, 0.6) is 0 Å². The number of rotatable bonds is 3. The lowest BCUT2D eigenvalue weighted by Crippen LogP contribution is -2.25. The van der Waals surface area contributed by atoms with Crippen LogP contribution in [0, 0.1) is 11.3 Å². The van der Waals surface area contributed by atoms with Gasteiger partial charge in [-0.2, -0.15) is 5.26 Å². The van der Waals surface area contributed by atoms with Gasteiger partial charge in [0.15, 0.2) is 0 Å². The van der Waals surface area contributed by atoms with Crippen molar-refractivity contribution in [3.8, 4) is 6.07 Å². The van der Waals surface area contributed by atoms with E-state index in [1.807, 2.05) is 6.07 Å². The van der Waals surface area contributed by atoms with E-state index in [9.17, 15) is 9.59 Å². The third-order valence-corrected chi connectivity index (χ3v) is 2.04. The average molecular weight is 244 g/mol. The van der Waals surface area contributed by atoms with Crippen LogP contribution in [-0.2, 0) is 14.3 Å². The summed E-state index contributed by atoms with van der Waals surface area (Å²) >= 11 is 0. The molecule has 0 heterocycles. The molecular weight excluding hydrogens is 232 g/mol. The second kappa shape index (κ2) is 6.21. The molecule has 0 saturated heterocycles. The predicted octanol–water partition coefficient (Wildman–Crippen LogP) is 1.21. The highest BCUT2D eigenvalue weighted by Crippen LogP contribution is 2.09. The summed E-state index contributed by atoms with van der Waals surface area (Å²) in [7, 11) is 1.23. The van der Waals surface area contributed by atoms with Crippen LogP contribution >= 0.6 is 0 Å². The molecule has 1 aromatic rings. The molecule has 0 aliphatic rings. The first-order valence-electron chi connectivity index (χ1n) is 5.14. The minimum absolute atomic E-state index is 0.0279. The van der Waals surface area contributed by atoms with Gasteiger partial charge in [-0.1, -0.05) is 12.1 Å². The molecule has 18 heavy (non-hydrogen) atoms. The predicted molar refractivity (Wildman–Crippen MR) is 65.0 cm³/mol. The van der Waals surface area contributed by atoms with Crippen molar-refractivity contribution in [3.63, 3.8) is 0 Å². The molecule has 5 nitrogen and oxygen atoms in total. The normalized spacial score (nSPS) is 10.4. The van der Waals surface area contributed by atoms with Gasteiger partial charge in [0, 0.05) is 6.92 Å². The largest absolute Gasteiger partial charge is 0.464 e. The monoisotopic (exact) mass is 244 g/mol. The van der Waals surface area contributed by atoms with Gasteiger partial charge in [-0.3, -0.25) is 4.79 Å². The number of carbonyl (C=O) groups excluding carboxylic acids is 2. The van der Waals surface area contributed by atoms with Crippen LogP contribution in [0.3, 0.4) is 0 Å². The summed E-state index contributed by atoms with van der Waals surface area (Å²) in [4.78, 5) is 22.4. The zero-order valence-corrected chi connectivity index (χ0v) is 10.1. The van der Waals surface area contributed by atoms with E-state index in [0.29, 0.717) is 11.1 Å². The van der Waals surface area contributed by atoms with E-state index in [1.165, 1.54) is 20.1 Å². The molecule has 1 rings (SSSR count). The van der Waals surface area contributed by atoms with E-state index in [-0.39, 0.29) is 11.6 Å². The Kier molecular flexibility index (Phi) is 4.64. The van der Waals surface area contributed by atoms with Crippen molar-refractivity contribution in [2.45, 2.75) is 6.92 Å². The summed E-state index contributed by atoms with van der Waals surface area (Å²) in [6, 6.07) is 8.64. The highest BCUT2D eigenvalue weighted by Gasteiger charge is 2.11. The Morgan fingerprint density at radius 1 is 1.44 bits per heavy atom. The Hall–Kier alpha value is -2.61. The third kappa shape index (κ3) is 3.76. The molecule has 5 heteroatoms. The molecule has 0 unspecified atom stereocenters. The van der Waals surface area contributed by atoms with Gasteiger partial charge < -0.3 is 10.1 Å². The van der Waals surface area contributed by atoms with Gasteiger partial charge in [-0.15, -0.1) is 0 Å². The summed E-state index contributed by atoms with van der Waals surface area (Å²) in [5.74, 6) is -1.02. The van der Waals surface area contributed by atoms with Gasteiger partial charge in [-0.25, -0.2) is 4.79 Å². The van der Waals surface area contributed by atoms with Crippen LogP contribution in [0.4, 0.5) is 0 Å². The first-order chi connectivity index (χ1) is 8.56. The zero-order valence-electron chi connectivity index (χ0n) is 10.1. The smallest absolute Gasteiger partial charge is 0.354 e. The maximum atomic E-state index is 11.4. The van der Waals surface area contributed by atoms with E-state index in [2.05, 4.69) is 10.1 Å². The molecule has 0 saturated carbocycles. The fourth-order valence-corrected chi connectivity index (χ4v) is 1.31. The van der Waals surface area contributed by atoms with Crippen molar-refractivity contribution in [3.05, 3.63) is 41.1 Å². The molecule has 1 amide bonds. The van der Waals surface area contributed by atoms with Crippen LogP contribution < -0.4 is 5.32 Å². The number of hydrogen-bond acceptors (Lipinski definition) is 4. The quantitative estimate of drug-likeness (QED) is 0.640. The van der Waals surface area contributed by atoms with Gasteiger partial charge in [0.05, 0.1) is 18.7 Å². The number of nitriles is 1. The van der Waals surface area contributed by atoms with Crippen LogP contribution in [0.25, 0.3) is 6.08 Å². The van der Waals surface area contributed by atoms with Gasteiger partial charge in [0.25, 0.3) is 0 Å². The lowest BCUT2D eigenvalue weighted by molar-refractivity contribution is -0.137. The Bertz CT molecular complexity index is 541. The molecule has 0 radical (unpaired) electrons. The van der Waals surface area contributed by atoms with Crippen molar-refractivity contribution >= 4 is 18.0 Å². The van der Waals surface area contributed by atoms with Crippen molar-refractivity contribution in [2.24, 2.45) is 0 Å². The Morgan fingerprint density at radius 3 is 2.72 bits per heavy atom. The summed E-state index contributed by atoms with van der Waals surface area (Å²) in [5, 5.41) is 11.1. The van der Waals surface area contributed by atoms with Crippen molar-refractivity contribution in [2.75, 3.05) is 7.11 Å². The van der Waals surface area contributed by atoms with Crippen LogP contribution in [0.15, 0.2) is 30.0 Å². The number of nitrogens with one attached hydrogen (secondary N) is 1. The second-order valence-electron chi connectivity index (χ2n) is 3.47. The summed E-state index contributed by atoms with van der Waals surface area (Å²) in [6.07, 6.45) is 1.45. The summed E-state index contributed by atoms with van der Waals surface area (Å²) in [6.45, 7) is 1.29. The topological polar surface area (TPSA) is 79.2 Å².